The molecule has 1 atom stereocenters. The van der Waals surface area contributed by atoms with Gasteiger partial charge in [0.1, 0.15) is 11.6 Å². The van der Waals surface area contributed by atoms with Crippen LogP contribution in [0.15, 0.2) is 86.5 Å². The van der Waals surface area contributed by atoms with Crippen molar-refractivity contribution < 1.29 is 18.3 Å². The van der Waals surface area contributed by atoms with Crippen molar-refractivity contribution in [2.45, 2.75) is 26.8 Å². The molecule has 9 heteroatoms. The number of nitrogens with zero attached hydrogens (tertiary/aromatic N) is 3. The maximum Gasteiger partial charge on any atom is 0.338 e. The van der Waals surface area contributed by atoms with E-state index in [1.165, 1.54) is 28.0 Å². The molecule has 2 aromatic carbocycles. The Morgan fingerprint density at radius 1 is 1.08 bits per heavy atom. The van der Waals surface area contributed by atoms with E-state index >= 15 is 0 Å². The van der Waals surface area contributed by atoms with E-state index in [0.717, 1.165) is 19.0 Å². The van der Waals surface area contributed by atoms with Gasteiger partial charge in [0.25, 0.3) is 5.56 Å². The van der Waals surface area contributed by atoms with Crippen molar-refractivity contribution in [1.29, 1.82) is 0 Å². The molecule has 0 fully saturated rings. The minimum Gasteiger partial charge on any atom is -0.463 e. The topological polar surface area (TPSA) is 77.0 Å². The van der Waals surface area contributed by atoms with E-state index in [1.807, 2.05) is 56.3 Å². The van der Waals surface area contributed by atoms with Crippen molar-refractivity contribution in [3.8, 4) is 0 Å². The summed E-state index contributed by atoms with van der Waals surface area (Å²) in [5.74, 6) is 0.254. The lowest BCUT2D eigenvalue weighted by atomic mass is 9.93. The van der Waals surface area contributed by atoms with Crippen LogP contribution in [0.5, 0.6) is 0 Å². The molecule has 0 N–H and O–H groups in total. The zero-order valence-electron chi connectivity index (χ0n) is 21.9. The van der Waals surface area contributed by atoms with Crippen molar-refractivity contribution in [3.05, 3.63) is 115 Å². The van der Waals surface area contributed by atoms with Crippen molar-refractivity contribution >= 4 is 35.0 Å². The van der Waals surface area contributed by atoms with Crippen LogP contribution in [-0.4, -0.2) is 30.2 Å². The Kier molecular flexibility index (Phi) is 7.60. The number of thiazole rings is 1. The number of rotatable bonds is 8. The summed E-state index contributed by atoms with van der Waals surface area (Å²) in [5.41, 5.74) is 1.58. The minimum absolute atomic E-state index is 0.151. The number of carbonyl (C=O) groups excluding carboxylic acids is 1. The first-order chi connectivity index (χ1) is 18.9. The highest BCUT2D eigenvalue weighted by Crippen LogP contribution is 2.35. The number of fused-ring (bicyclic) bond motifs is 1. The minimum atomic E-state index is -0.860. The molecule has 0 radical (unpaired) electrons. The molecule has 0 saturated carbocycles. The quantitative estimate of drug-likeness (QED) is 0.305. The van der Waals surface area contributed by atoms with E-state index in [2.05, 4.69) is 4.90 Å². The van der Waals surface area contributed by atoms with Crippen molar-refractivity contribution in [2.75, 3.05) is 24.6 Å². The molecule has 1 aliphatic rings. The summed E-state index contributed by atoms with van der Waals surface area (Å²) in [6.45, 7) is 7.55. The number of halogens is 1. The van der Waals surface area contributed by atoms with Gasteiger partial charge in [0.15, 0.2) is 10.7 Å². The SMILES string of the molecule is CCOC(=O)C1=C(c2ccccc2)N=c2s/c(=C\c3ccc(N(CC)CC)o3)c(=O)n2[C@@H]1c1ccc(F)cc1. The predicted molar refractivity (Wildman–Crippen MR) is 150 cm³/mol. The fourth-order valence-corrected chi connectivity index (χ4v) is 5.64. The van der Waals surface area contributed by atoms with Crippen LogP contribution >= 0.6 is 11.3 Å². The Bertz CT molecular complexity index is 1700. The van der Waals surface area contributed by atoms with Gasteiger partial charge in [0, 0.05) is 30.8 Å². The van der Waals surface area contributed by atoms with E-state index in [4.69, 9.17) is 14.1 Å². The number of hydrogen-bond donors (Lipinski definition) is 0. The van der Waals surface area contributed by atoms with Gasteiger partial charge in [-0.3, -0.25) is 9.36 Å². The Hall–Kier alpha value is -4.24. The van der Waals surface area contributed by atoms with E-state index in [1.54, 1.807) is 25.1 Å². The second-order valence-electron chi connectivity index (χ2n) is 8.83. The molecule has 0 unspecified atom stereocenters. The standard InChI is InChI=1S/C30H28FN3O4S/c1-4-33(5-2)24-17-16-22(38-24)18-23-28(35)34-27(20-12-14-21(31)15-13-20)25(29(36)37-6-3)26(32-30(34)39-23)19-10-8-7-9-11-19/h7-18,27H,4-6H2,1-3H3/b23-18-/t27-/m1/s1. The summed E-state index contributed by atoms with van der Waals surface area (Å²) in [6, 6.07) is 17.9. The summed E-state index contributed by atoms with van der Waals surface area (Å²) in [6.07, 6.45) is 1.69. The van der Waals surface area contributed by atoms with Crippen LogP contribution in [-0.2, 0) is 9.53 Å². The smallest absolute Gasteiger partial charge is 0.338 e. The fraction of sp³-hybridized carbons (Fsp3) is 0.233. The lowest BCUT2D eigenvalue weighted by Gasteiger charge is -2.25. The molecule has 4 aromatic rings. The van der Waals surface area contributed by atoms with Gasteiger partial charge < -0.3 is 14.1 Å². The Balaban J connectivity index is 1.76. The number of ether oxygens (including phenoxy) is 1. The number of esters is 1. The molecule has 0 amide bonds. The normalized spacial score (nSPS) is 15.2. The Morgan fingerprint density at radius 2 is 1.79 bits per heavy atom. The molecule has 1 aliphatic heterocycles. The van der Waals surface area contributed by atoms with Gasteiger partial charge in [-0.05, 0) is 44.5 Å². The predicted octanol–water partition coefficient (Wildman–Crippen LogP) is 4.51. The molecule has 39 heavy (non-hydrogen) atoms. The van der Waals surface area contributed by atoms with Gasteiger partial charge in [0.05, 0.1) is 28.5 Å². The van der Waals surface area contributed by atoms with Crippen LogP contribution in [0.1, 0.15) is 43.7 Å². The van der Waals surface area contributed by atoms with E-state index in [-0.39, 0.29) is 17.7 Å². The number of anilines is 1. The van der Waals surface area contributed by atoms with E-state index in [0.29, 0.717) is 31.9 Å². The van der Waals surface area contributed by atoms with Gasteiger partial charge in [0.2, 0.25) is 0 Å². The van der Waals surface area contributed by atoms with Gasteiger partial charge in [-0.15, -0.1) is 0 Å². The summed E-state index contributed by atoms with van der Waals surface area (Å²) >= 11 is 1.21. The third-order valence-corrected chi connectivity index (χ3v) is 7.50. The maximum absolute atomic E-state index is 13.9. The molecule has 2 aromatic heterocycles. The first-order valence-corrected chi connectivity index (χ1v) is 13.7. The zero-order valence-corrected chi connectivity index (χ0v) is 22.7. The highest BCUT2D eigenvalue weighted by atomic mass is 32.1. The summed E-state index contributed by atoms with van der Waals surface area (Å²) in [7, 11) is 0. The number of hydrogen-bond acceptors (Lipinski definition) is 7. The molecule has 0 bridgehead atoms. The third-order valence-electron chi connectivity index (χ3n) is 6.52. The molecule has 200 valence electrons. The molecule has 0 saturated heterocycles. The molecule has 0 aliphatic carbocycles. The zero-order chi connectivity index (χ0) is 27.5. The second kappa shape index (κ2) is 11.2. The van der Waals surface area contributed by atoms with Crippen LogP contribution in [0, 0.1) is 5.82 Å². The molecule has 3 heterocycles. The maximum atomic E-state index is 13.9. The Morgan fingerprint density at radius 3 is 2.46 bits per heavy atom. The first kappa shape index (κ1) is 26.4. The molecule has 7 nitrogen and oxygen atoms in total. The fourth-order valence-electron chi connectivity index (χ4n) is 4.66. The number of benzene rings is 2. The van der Waals surface area contributed by atoms with Crippen LogP contribution < -0.4 is 19.8 Å². The molecular weight excluding hydrogens is 517 g/mol. The van der Waals surface area contributed by atoms with E-state index < -0.39 is 17.8 Å². The molecule has 5 rings (SSSR count). The molecular formula is C30H28FN3O4S. The summed E-state index contributed by atoms with van der Waals surface area (Å²) in [4.78, 5) is 34.6. The molecule has 0 spiro atoms. The number of aromatic nitrogens is 1. The van der Waals surface area contributed by atoms with Gasteiger partial charge in [-0.1, -0.05) is 53.8 Å². The Labute approximate surface area is 228 Å². The monoisotopic (exact) mass is 545 g/mol. The second-order valence-corrected chi connectivity index (χ2v) is 9.84. The number of carbonyl (C=O) groups is 1. The lowest BCUT2D eigenvalue weighted by Crippen LogP contribution is -2.40. The first-order valence-electron chi connectivity index (χ1n) is 12.8. The van der Waals surface area contributed by atoms with Gasteiger partial charge >= 0.3 is 5.97 Å². The van der Waals surface area contributed by atoms with Crippen LogP contribution in [0.2, 0.25) is 0 Å². The largest absolute Gasteiger partial charge is 0.463 e. The van der Waals surface area contributed by atoms with Crippen molar-refractivity contribution in [1.82, 2.24) is 4.57 Å². The highest BCUT2D eigenvalue weighted by molar-refractivity contribution is 7.07. The number of furan rings is 1. The van der Waals surface area contributed by atoms with Crippen LogP contribution in [0.4, 0.5) is 10.3 Å². The summed E-state index contributed by atoms with van der Waals surface area (Å²) in [5, 5.41) is 0. The third kappa shape index (κ3) is 5.09. The van der Waals surface area contributed by atoms with Crippen molar-refractivity contribution in [2.24, 2.45) is 4.99 Å². The average Bonchev–Trinajstić information content (AvgIpc) is 3.53. The van der Waals surface area contributed by atoms with Gasteiger partial charge in [-0.25, -0.2) is 14.2 Å². The van der Waals surface area contributed by atoms with Crippen LogP contribution in [0.3, 0.4) is 0 Å². The van der Waals surface area contributed by atoms with Crippen LogP contribution in [0.25, 0.3) is 11.8 Å². The van der Waals surface area contributed by atoms with Gasteiger partial charge in [-0.2, -0.15) is 0 Å². The highest BCUT2D eigenvalue weighted by Gasteiger charge is 2.35. The average molecular weight is 546 g/mol. The van der Waals surface area contributed by atoms with Crippen molar-refractivity contribution in [3.63, 3.8) is 0 Å². The lowest BCUT2D eigenvalue weighted by molar-refractivity contribution is -0.138. The summed E-state index contributed by atoms with van der Waals surface area (Å²) < 4.78 is 27.2. The van der Waals surface area contributed by atoms with E-state index in [9.17, 15) is 14.0 Å².